The topological polar surface area (TPSA) is 72.8 Å². The van der Waals surface area contributed by atoms with Crippen molar-refractivity contribution in [2.45, 2.75) is 6.61 Å². The smallest absolute Gasteiger partial charge is 0.274 e. The molecule has 154 valence electrons. The first-order chi connectivity index (χ1) is 14.5. The summed E-state index contributed by atoms with van der Waals surface area (Å²) < 4.78 is 11.2. The van der Waals surface area contributed by atoms with E-state index in [0.717, 1.165) is 5.56 Å². The Labute approximate surface area is 188 Å². The third-order valence-electron chi connectivity index (χ3n) is 3.97. The van der Waals surface area contributed by atoms with Crippen LogP contribution in [0.15, 0.2) is 59.8 Å². The van der Waals surface area contributed by atoms with Crippen molar-refractivity contribution in [3.63, 3.8) is 0 Å². The zero-order chi connectivity index (χ0) is 21.5. The number of ether oxygens (including phenoxy) is 2. The van der Waals surface area contributed by atoms with Gasteiger partial charge in [0.2, 0.25) is 0 Å². The highest BCUT2D eigenvalue weighted by Gasteiger charge is 2.10. The Morgan fingerprint density at radius 1 is 1.13 bits per heavy atom. The Morgan fingerprint density at radius 3 is 2.70 bits per heavy atom. The molecule has 0 aliphatic rings. The van der Waals surface area contributed by atoms with Gasteiger partial charge in [0.15, 0.2) is 11.5 Å². The molecule has 0 saturated carbocycles. The van der Waals surface area contributed by atoms with Gasteiger partial charge >= 0.3 is 0 Å². The molecule has 0 radical (unpaired) electrons. The van der Waals surface area contributed by atoms with Gasteiger partial charge in [0.25, 0.3) is 5.91 Å². The van der Waals surface area contributed by atoms with Gasteiger partial charge in [-0.15, -0.1) is 0 Å². The predicted molar refractivity (Wildman–Crippen MR) is 118 cm³/mol. The summed E-state index contributed by atoms with van der Waals surface area (Å²) in [7, 11) is 1.53. The minimum atomic E-state index is -0.462. The van der Waals surface area contributed by atoms with Crippen LogP contribution in [0.5, 0.6) is 11.5 Å². The van der Waals surface area contributed by atoms with Gasteiger partial charge in [-0.25, -0.2) is 10.4 Å². The fourth-order valence-electron chi connectivity index (χ4n) is 2.46. The standard InChI is InChI=1S/C21H16Cl3N3O3/c1-29-19-9-13(11-26-27-21(28)16-3-2-8-25-20(16)24)4-7-18(19)30-12-14-5-6-15(22)10-17(14)23/h2-11H,12H2,1H3,(H,27,28). The quantitative estimate of drug-likeness (QED) is 0.289. The van der Waals surface area contributed by atoms with Crippen molar-refractivity contribution in [1.82, 2.24) is 10.4 Å². The summed E-state index contributed by atoms with van der Waals surface area (Å²) in [5.41, 5.74) is 4.13. The molecule has 9 heteroatoms. The summed E-state index contributed by atoms with van der Waals surface area (Å²) >= 11 is 18.0. The molecule has 1 aromatic heterocycles. The highest BCUT2D eigenvalue weighted by atomic mass is 35.5. The van der Waals surface area contributed by atoms with Gasteiger partial charge in [0.05, 0.1) is 18.9 Å². The van der Waals surface area contributed by atoms with E-state index in [1.54, 1.807) is 48.5 Å². The van der Waals surface area contributed by atoms with Gasteiger partial charge in [0.1, 0.15) is 11.8 Å². The first-order valence-corrected chi connectivity index (χ1v) is 9.80. The van der Waals surface area contributed by atoms with Crippen LogP contribution in [0.4, 0.5) is 0 Å². The first-order valence-electron chi connectivity index (χ1n) is 8.66. The number of pyridine rings is 1. The summed E-state index contributed by atoms with van der Waals surface area (Å²) in [5.74, 6) is 0.577. The molecule has 6 nitrogen and oxygen atoms in total. The monoisotopic (exact) mass is 463 g/mol. The van der Waals surface area contributed by atoms with Crippen LogP contribution < -0.4 is 14.9 Å². The van der Waals surface area contributed by atoms with Crippen LogP contribution in [0.2, 0.25) is 15.2 Å². The maximum atomic E-state index is 12.1. The number of aromatic nitrogens is 1. The molecule has 30 heavy (non-hydrogen) atoms. The number of halogens is 3. The van der Waals surface area contributed by atoms with Gasteiger partial charge in [-0.3, -0.25) is 4.79 Å². The van der Waals surface area contributed by atoms with Crippen molar-refractivity contribution < 1.29 is 14.3 Å². The van der Waals surface area contributed by atoms with E-state index in [9.17, 15) is 4.79 Å². The third kappa shape index (κ3) is 5.63. The summed E-state index contributed by atoms with van der Waals surface area (Å²) in [6.45, 7) is 0.252. The fraction of sp³-hybridized carbons (Fsp3) is 0.0952. The molecule has 0 aliphatic heterocycles. The van der Waals surface area contributed by atoms with Crippen LogP contribution in [-0.2, 0) is 6.61 Å². The minimum absolute atomic E-state index is 0.106. The van der Waals surface area contributed by atoms with Crippen molar-refractivity contribution in [2.75, 3.05) is 7.11 Å². The van der Waals surface area contributed by atoms with Crippen LogP contribution >= 0.6 is 34.8 Å². The molecule has 3 rings (SSSR count). The van der Waals surface area contributed by atoms with Crippen LogP contribution in [0.1, 0.15) is 21.5 Å². The van der Waals surface area contributed by atoms with Crippen molar-refractivity contribution >= 4 is 46.9 Å². The molecule has 3 aromatic rings. The maximum absolute atomic E-state index is 12.1. The summed E-state index contributed by atoms with van der Waals surface area (Å²) in [5, 5.41) is 5.13. The lowest BCUT2D eigenvalue weighted by atomic mass is 10.2. The van der Waals surface area contributed by atoms with Crippen LogP contribution in [0.3, 0.4) is 0 Å². The van der Waals surface area contributed by atoms with Gasteiger partial charge < -0.3 is 9.47 Å². The van der Waals surface area contributed by atoms with Crippen LogP contribution in [0, 0.1) is 0 Å². The fourth-order valence-corrected chi connectivity index (χ4v) is 3.13. The second-order valence-electron chi connectivity index (χ2n) is 5.98. The minimum Gasteiger partial charge on any atom is -0.493 e. The number of nitrogens with one attached hydrogen (secondary N) is 1. The first kappa shape index (κ1) is 21.9. The molecule has 0 saturated heterocycles. The molecule has 0 atom stereocenters. The predicted octanol–water partition coefficient (Wildman–Crippen LogP) is 5.39. The lowest BCUT2D eigenvalue weighted by Crippen LogP contribution is -2.18. The Hall–Kier alpha value is -2.80. The summed E-state index contributed by atoms with van der Waals surface area (Å²) in [4.78, 5) is 15.9. The van der Waals surface area contributed by atoms with Gasteiger partial charge in [-0.05, 0) is 48.0 Å². The summed E-state index contributed by atoms with van der Waals surface area (Å²) in [6.07, 6.45) is 2.98. The molecule has 1 amide bonds. The molecule has 1 N–H and O–H groups in total. The number of rotatable bonds is 7. The number of carbonyl (C=O) groups is 1. The van der Waals surface area contributed by atoms with Gasteiger partial charge in [-0.1, -0.05) is 40.9 Å². The third-order valence-corrected chi connectivity index (χ3v) is 4.86. The number of amides is 1. The molecular formula is C21H16Cl3N3O3. The molecular weight excluding hydrogens is 449 g/mol. The molecule has 0 bridgehead atoms. The zero-order valence-corrected chi connectivity index (χ0v) is 18.0. The lowest BCUT2D eigenvalue weighted by molar-refractivity contribution is 0.0955. The summed E-state index contributed by atoms with van der Waals surface area (Å²) in [6, 6.07) is 13.6. The highest BCUT2D eigenvalue weighted by Crippen LogP contribution is 2.29. The molecule has 0 unspecified atom stereocenters. The van der Waals surface area contributed by atoms with Gasteiger partial charge in [-0.2, -0.15) is 5.10 Å². The maximum Gasteiger partial charge on any atom is 0.274 e. The average molecular weight is 465 g/mol. The normalized spacial score (nSPS) is 10.8. The highest BCUT2D eigenvalue weighted by molar-refractivity contribution is 6.35. The molecule has 0 fully saturated rings. The van der Waals surface area contributed by atoms with E-state index in [1.165, 1.54) is 19.5 Å². The van der Waals surface area contributed by atoms with Crippen molar-refractivity contribution in [1.29, 1.82) is 0 Å². The van der Waals surface area contributed by atoms with Crippen LogP contribution in [-0.4, -0.2) is 24.2 Å². The van der Waals surface area contributed by atoms with Crippen molar-refractivity contribution in [2.24, 2.45) is 5.10 Å². The van der Waals surface area contributed by atoms with E-state index in [1.807, 2.05) is 0 Å². The van der Waals surface area contributed by atoms with E-state index in [-0.39, 0.29) is 17.3 Å². The molecule has 2 aromatic carbocycles. The Morgan fingerprint density at radius 2 is 1.97 bits per heavy atom. The number of hydrogen-bond acceptors (Lipinski definition) is 5. The molecule has 1 heterocycles. The average Bonchev–Trinajstić information content (AvgIpc) is 2.73. The zero-order valence-electron chi connectivity index (χ0n) is 15.7. The molecule has 0 spiro atoms. The number of carbonyl (C=O) groups excluding carboxylic acids is 1. The van der Waals surface area contributed by atoms with Crippen molar-refractivity contribution in [3.8, 4) is 11.5 Å². The number of hydrazone groups is 1. The Kier molecular flexibility index (Phi) is 7.52. The largest absolute Gasteiger partial charge is 0.493 e. The van der Waals surface area contributed by atoms with Crippen molar-refractivity contribution in [3.05, 3.63) is 86.6 Å². The van der Waals surface area contributed by atoms with Gasteiger partial charge in [0, 0.05) is 21.8 Å². The van der Waals surface area contributed by atoms with E-state index >= 15 is 0 Å². The van der Waals surface area contributed by atoms with E-state index in [4.69, 9.17) is 44.3 Å². The van der Waals surface area contributed by atoms with E-state index < -0.39 is 5.91 Å². The number of methoxy groups -OCH3 is 1. The lowest BCUT2D eigenvalue weighted by Gasteiger charge is -2.12. The van der Waals surface area contributed by atoms with E-state index in [0.29, 0.717) is 27.1 Å². The Bertz CT molecular complexity index is 1090. The Balaban J connectivity index is 1.65. The van der Waals surface area contributed by atoms with E-state index in [2.05, 4.69) is 15.5 Å². The molecule has 0 aliphatic carbocycles. The second kappa shape index (κ2) is 10.3. The second-order valence-corrected chi connectivity index (χ2v) is 7.18. The SMILES string of the molecule is COc1cc(C=NNC(=O)c2cccnc2Cl)ccc1OCc1ccc(Cl)cc1Cl. The number of hydrogen-bond donors (Lipinski definition) is 1. The number of nitrogens with zero attached hydrogens (tertiary/aromatic N) is 2. The van der Waals surface area contributed by atoms with Crippen LogP contribution in [0.25, 0.3) is 0 Å². The number of benzene rings is 2.